The van der Waals surface area contributed by atoms with Crippen molar-refractivity contribution in [3.63, 3.8) is 0 Å². The number of likely N-dealkylation sites (tertiary alicyclic amines) is 1. The molecule has 0 aromatic carbocycles. The van der Waals surface area contributed by atoms with E-state index in [4.69, 9.17) is 9.73 Å². The van der Waals surface area contributed by atoms with Crippen molar-refractivity contribution in [1.82, 2.24) is 20.4 Å². The average Bonchev–Trinajstić information content (AvgIpc) is 3.45. The van der Waals surface area contributed by atoms with Crippen LogP contribution in [0.1, 0.15) is 51.9 Å². The number of rotatable bonds is 6. The minimum Gasteiger partial charge on any atom is -0.377 e. The van der Waals surface area contributed by atoms with Gasteiger partial charge in [0.25, 0.3) is 0 Å². The Kier molecular flexibility index (Phi) is 8.28. The van der Waals surface area contributed by atoms with Crippen LogP contribution in [-0.2, 0) is 9.53 Å². The Morgan fingerprint density at radius 1 is 1.23 bits per heavy atom. The van der Waals surface area contributed by atoms with Gasteiger partial charge in [0.15, 0.2) is 5.96 Å². The molecule has 1 amide bonds. The van der Waals surface area contributed by atoms with Crippen molar-refractivity contribution in [2.75, 3.05) is 46.9 Å². The molecule has 0 bridgehead atoms. The van der Waals surface area contributed by atoms with Gasteiger partial charge in [-0.2, -0.15) is 0 Å². The largest absolute Gasteiger partial charge is 0.377 e. The van der Waals surface area contributed by atoms with Crippen LogP contribution < -0.4 is 10.6 Å². The summed E-state index contributed by atoms with van der Waals surface area (Å²) in [6.07, 6.45) is 9.18. The van der Waals surface area contributed by atoms with Crippen LogP contribution in [0.4, 0.5) is 0 Å². The average molecular weight is 533 g/mol. The van der Waals surface area contributed by atoms with Gasteiger partial charge in [-0.25, -0.2) is 4.99 Å². The van der Waals surface area contributed by atoms with Crippen LogP contribution in [0.5, 0.6) is 0 Å². The van der Waals surface area contributed by atoms with E-state index in [2.05, 4.69) is 22.5 Å². The number of carbonyl (C=O) groups excluding carboxylic acids is 1. The van der Waals surface area contributed by atoms with Crippen LogP contribution in [0.2, 0.25) is 0 Å². The first-order valence-electron chi connectivity index (χ1n) is 11.7. The van der Waals surface area contributed by atoms with E-state index in [0.717, 1.165) is 32.1 Å². The highest BCUT2D eigenvalue weighted by molar-refractivity contribution is 14.0. The Morgan fingerprint density at radius 3 is 2.70 bits per heavy atom. The fraction of sp³-hybridized carbons (Fsp3) is 0.909. The van der Waals surface area contributed by atoms with Gasteiger partial charge in [0, 0.05) is 50.7 Å². The molecule has 4 rings (SSSR count). The minimum absolute atomic E-state index is 0. The lowest BCUT2D eigenvalue weighted by Crippen LogP contribution is -2.69. The first-order chi connectivity index (χ1) is 14.0. The van der Waals surface area contributed by atoms with Gasteiger partial charge in [0.2, 0.25) is 5.91 Å². The summed E-state index contributed by atoms with van der Waals surface area (Å²) in [7, 11) is 3.58. The minimum atomic E-state index is 0. The highest BCUT2D eigenvalue weighted by Crippen LogP contribution is 2.60. The zero-order valence-electron chi connectivity index (χ0n) is 18.9. The number of hydrogen-bond acceptors (Lipinski definition) is 4. The predicted octanol–water partition coefficient (Wildman–Crippen LogP) is 2.06. The summed E-state index contributed by atoms with van der Waals surface area (Å²) in [6.45, 7) is 6.49. The lowest BCUT2D eigenvalue weighted by Gasteiger charge is -2.57. The van der Waals surface area contributed by atoms with Crippen molar-refractivity contribution in [3.05, 3.63) is 0 Å². The number of fused-ring (bicyclic) bond motifs is 2. The number of likely N-dealkylation sites (N-methyl/N-ethyl adjacent to an activating group) is 2. The van der Waals surface area contributed by atoms with Gasteiger partial charge < -0.3 is 20.3 Å². The predicted molar refractivity (Wildman–Crippen MR) is 130 cm³/mol. The van der Waals surface area contributed by atoms with Crippen molar-refractivity contribution in [2.45, 2.75) is 70.1 Å². The molecule has 30 heavy (non-hydrogen) atoms. The number of amides is 1. The molecular formula is C22H40IN5O2. The highest BCUT2D eigenvalue weighted by Gasteiger charge is 2.65. The van der Waals surface area contributed by atoms with Crippen molar-refractivity contribution >= 4 is 35.8 Å². The van der Waals surface area contributed by atoms with Gasteiger partial charge in [-0.05, 0) is 45.2 Å². The smallest absolute Gasteiger partial charge is 0.243 e. The first-order valence-corrected chi connectivity index (χ1v) is 11.7. The van der Waals surface area contributed by atoms with Gasteiger partial charge in [-0.3, -0.25) is 9.69 Å². The second kappa shape index (κ2) is 10.3. The van der Waals surface area contributed by atoms with E-state index < -0.39 is 0 Å². The number of hydrogen-bond donors (Lipinski definition) is 2. The Labute approximate surface area is 198 Å². The summed E-state index contributed by atoms with van der Waals surface area (Å²) in [6, 6.07) is 0.977. The molecule has 2 saturated carbocycles. The number of guanidine groups is 1. The third kappa shape index (κ3) is 4.60. The van der Waals surface area contributed by atoms with Crippen molar-refractivity contribution in [3.8, 4) is 0 Å². The molecule has 4 aliphatic rings. The molecule has 2 heterocycles. The standard InChI is InChI=1S/C22H39N5O2.HI/c1-4-27-12-7-8-16(27)14-23-21(24-15-18(28)26(2)3)25-19-17-9-13-29-20(17)22(19)10-5-6-11-22;/h16-17,19-20H,4-15H2,1-3H3,(H2,23,24,25);1H. The van der Waals surface area contributed by atoms with Crippen LogP contribution in [-0.4, -0.2) is 86.7 Å². The third-order valence-corrected chi connectivity index (χ3v) is 7.86. The normalized spacial score (nSPS) is 32.4. The summed E-state index contributed by atoms with van der Waals surface area (Å²) < 4.78 is 6.13. The number of aliphatic imine (C=N–C) groups is 1. The van der Waals surface area contributed by atoms with E-state index in [1.54, 1.807) is 19.0 Å². The molecule has 1 spiro atoms. The summed E-state index contributed by atoms with van der Waals surface area (Å²) >= 11 is 0. The number of ether oxygens (including phenoxy) is 1. The third-order valence-electron chi connectivity index (χ3n) is 7.86. The molecule has 172 valence electrons. The maximum atomic E-state index is 12.1. The van der Waals surface area contributed by atoms with Gasteiger partial charge >= 0.3 is 0 Å². The molecule has 0 radical (unpaired) electrons. The van der Waals surface area contributed by atoms with Crippen LogP contribution in [0, 0.1) is 11.3 Å². The van der Waals surface area contributed by atoms with E-state index >= 15 is 0 Å². The summed E-state index contributed by atoms with van der Waals surface area (Å²) in [4.78, 5) is 21.0. The monoisotopic (exact) mass is 533 g/mol. The molecule has 2 N–H and O–H groups in total. The Balaban J connectivity index is 0.00000256. The highest BCUT2D eigenvalue weighted by atomic mass is 127. The molecule has 2 aliphatic carbocycles. The fourth-order valence-corrected chi connectivity index (χ4v) is 6.25. The molecular weight excluding hydrogens is 493 g/mol. The number of nitrogens with one attached hydrogen (secondary N) is 2. The number of halogens is 1. The van der Waals surface area contributed by atoms with Gasteiger partial charge in [-0.1, -0.05) is 19.8 Å². The van der Waals surface area contributed by atoms with Crippen molar-refractivity contribution < 1.29 is 9.53 Å². The van der Waals surface area contributed by atoms with Crippen LogP contribution in [0.3, 0.4) is 0 Å². The molecule has 0 aromatic rings. The first kappa shape index (κ1) is 24.0. The second-order valence-corrected chi connectivity index (χ2v) is 9.56. The lowest BCUT2D eigenvalue weighted by atomic mass is 9.54. The zero-order valence-corrected chi connectivity index (χ0v) is 21.2. The molecule has 2 saturated heterocycles. The fourth-order valence-electron chi connectivity index (χ4n) is 6.25. The molecule has 4 fully saturated rings. The SMILES string of the molecule is CCN1CCCC1CNC(=NCC(=O)N(C)C)NC1C2CCOC2C12CCCC2.I. The summed E-state index contributed by atoms with van der Waals surface area (Å²) in [5.74, 6) is 1.43. The van der Waals surface area contributed by atoms with Gasteiger partial charge in [0.1, 0.15) is 6.54 Å². The van der Waals surface area contributed by atoms with Crippen LogP contribution in [0.15, 0.2) is 4.99 Å². The molecule has 2 aliphatic heterocycles. The zero-order chi connectivity index (χ0) is 20.4. The maximum Gasteiger partial charge on any atom is 0.243 e. The Morgan fingerprint density at radius 2 is 2.00 bits per heavy atom. The number of nitrogens with zero attached hydrogens (tertiary/aromatic N) is 3. The molecule has 0 aromatic heterocycles. The van der Waals surface area contributed by atoms with E-state index in [0.29, 0.717) is 24.1 Å². The van der Waals surface area contributed by atoms with E-state index in [1.165, 1.54) is 45.1 Å². The van der Waals surface area contributed by atoms with Gasteiger partial charge in [-0.15, -0.1) is 24.0 Å². The molecule has 7 nitrogen and oxygen atoms in total. The van der Waals surface area contributed by atoms with E-state index in [1.807, 2.05) is 0 Å². The topological polar surface area (TPSA) is 69.2 Å². The van der Waals surface area contributed by atoms with Crippen LogP contribution in [0.25, 0.3) is 0 Å². The maximum absolute atomic E-state index is 12.1. The second-order valence-electron chi connectivity index (χ2n) is 9.56. The molecule has 4 unspecified atom stereocenters. The Bertz CT molecular complexity index is 623. The van der Waals surface area contributed by atoms with Gasteiger partial charge in [0.05, 0.1) is 6.10 Å². The van der Waals surface area contributed by atoms with Crippen molar-refractivity contribution in [2.24, 2.45) is 16.3 Å². The van der Waals surface area contributed by atoms with E-state index in [-0.39, 0.29) is 41.8 Å². The van der Waals surface area contributed by atoms with Crippen molar-refractivity contribution in [1.29, 1.82) is 0 Å². The van der Waals surface area contributed by atoms with E-state index in [9.17, 15) is 4.79 Å². The Hall–Kier alpha value is -0.610. The summed E-state index contributed by atoms with van der Waals surface area (Å²) in [5, 5.41) is 7.37. The lowest BCUT2D eigenvalue weighted by molar-refractivity contribution is -0.127. The molecule has 8 heteroatoms. The summed E-state index contributed by atoms with van der Waals surface area (Å²) in [5.41, 5.74) is 0.276. The quantitative estimate of drug-likeness (QED) is 0.311. The molecule has 4 atom stereocenters. The number of carbonyl (C=O) groups is 1. The van der Waals surface area contributed by atoms with Crippen LogP contribution >= 0.6 is 24.0 Å².